The first-order valence-electron chi connectivity index (χ1n) is 19.0. The number of hydrogen-bond donors (Lipinski definition) is 7. The summed E-state index contributed by atoms with van der Waals surface area (Å²) >= 11 is 0. The van der Waals surface area contributed by atoms with Crippen molar-refractivity contribution >= 4 is 0 Å². The predicted molar refractivity (Wildman–Crippen MR) is 197 cm³/mol. The number of nitrogens with two attached hydrogens (primary N) is 1. The zero-order valence-electron chi connectivity index (χ0n) is 29.6. The molecule has 0 bridgehead atoms. The summed E-state index contributed by atoms with van der Waals surface area (Å²) in [5.74, 6) is 7.45. The number of phenolic OH excluding ortho intramolecular Hbond substituents is 1. The molecule has 0 spiro atoms. The van der Waals surface area contributed by atoms with Crippen LogP contribution in [0.15, 0.2) is 72.2 Å². The molecular formula is C42H57N3O5. The number of allylic oxidation sites excluding steroid dienone is 4. The third-order valence-corrected chi connectivity index (χ3v) is 11.9. The number of aliphatic hydroxyl groups is 3. The van der Waals surface area contributed by atoms with E-state index < -0.39 is 18.3 Å². The minimum atomic E-state index is -0.744. The Morgan fingerprint density at radius 1 is 1.02 bits per heavy atom. The lowest BCUT2D eigenvalue weighted by Gasteiger charge is -2.45. The van der Waals surface area contributed by atoms with E-state index >= 15 is 0 Å². The minimum Gasteiger partial charge on any atom is -0.504 e. The molecule has 0 radical (unpaired) electrons. The maximum absolute atomic E-state index is 11.6. The Hall–Kier alpha value is -3.64. The number of rotatable bonds is 10. The monoisotopic (exact) mass is 683 g/mol. The number of ether oxygens (including phenoxy) is 1. The lowest BCUT2D eigenvalue weighted by Crippen LogP contribution is -2.42. The number of hydrogen-bond acceptors (Lipinski definition) is 7. The molecule has 4 aliphatic rings. The van der Waals surface area contributed by atoms with E-state index in [1.807, 2.05) is 24.4 Å². The van der Waals surface area contributed by atoms with Crippen LogP contribution in [-0.4, -0.2) is 56.9 Å². The quantitative estimate of drug-likeness (QED) is 0.115. The maximum atomic E-state index is 11.6. The molecule has 6 rings (SSSR count). The van der Waals surface area contributed by atoms with Crippen molar-refractivity contribution in [3.63, 3.8) is 0 Å². The van der Waals surface area contributed by atoms with Gasteiger partial charge in [-0.3, -0.25) is 0 Å². The lowest BCUT2D eigenvalue weighted by molar-refractivity contribution is -0.00706. The third-order valence-electron chi connectivity index (χ3n) is 11.9. The topological polar surface area (TPSA) is 144 Å². The highest BCUT2D eigenvalue weighted by Crippen LogP contribution is 2.50. The van der Waals surface area contributed by atoms with E-state index in [2.05, 4.69) is 59.4 Å². The number of benzene rings is 1. The number of fused-ring (bicyclic) bond motifs is 1. The van der Waals surface area contributed by atoms with Crippen molar-refractivity contribution in [2.24, 2.45) is 29.4 Å². The van der Waals surface area contributed by atoms with E-state index in [9.17, 15) is 20.4 Å². The molecular weight excluding hydrogens is 626 g/mol. The average molecular weight is 684 g/mol. The molecule has 270 valence electrons. The summed E-state index contributed by atoms with van der Waals surface area (Å²) in [4.78, 5) is 3.53. The Bertz CT molecular complexity index is 1560. The van der Waals surface area contributed by atoms with Gasteiger partial charge in [-0.1, -0.05) is 75.2 Å². The van der Waals surface area contributed by atoms with E-state index in [-0.39, 0.29) is 41.4 Å². The molecule has 1 aromatic heterocycles. The number of aliphatic hydroxyl groups excluding tert-OH is 3. The number of aromatic nitrogens is 1. The van der Waals surface area contributed by atoms with Gasteiger partial charge < -0.3 is 41.2 Å². The van der Waals surface area contributed by atoms with Gasteiger partial charge in [-0.05, 0) is 92.3 Å². The Kier molecular flexibility index (Phi) is 12.0. The Morgan fingerprint density at radius 3 is 2.58 bits per heavy atom. The predicted octanol–water partition coefficient (Wildman–Crippen LogP) is 6.30. The van der Waals surface area contributed by atoms with Crippen molar-refractivity contribution in [3.05, 3.63) is 83.5 Å². The molecule has 1 fully saturated rings. The number of H-pyrrole nitrogens is 1. The molecule has 8 N–H and O–H groups in total. The largest absolute Gasteiger partial charge is 0.504 e. The summed E-state index contributed by atoms with van der Waals surface area (Å²) in [6.45, 7) is 2.60. The smallest absolute Gasteiger partial charge is 0.161 e. The van der Waals surface area contributed by atoms with Crippen molar-refractivity contribution in [3.8, 4) is 23.3 Å². The second kappa shape index (κ2) is 16.6. The zero-order chi connectivity index (χ0) is 35.1. The van der Waals surface area contributed by atoms with Gasteiger partial charge in [0.15, 0.2) is 11.5 Å². The van der Waals surface area contributed by atoms with Crippen LogP contribution < -0.4 is 15.8 Å². The summed E-state index contributed by atoms with van der Waals surface area (Å²) < 4.78 is 6.53. The number of nitrogens with one attached hydrogen (secondary N) is 2. The van der Waals surface area contributed by atoms with E-state index in [0.717, 1.165) is 62.5 Å². The van der Waals surface area contributed by atoms with E-state index in [0.29, 0.717) is 43.3 Å². The molecule has 8 nitrogen and oxygen atoms in total. The molecule has 1 aromatic carbocycles. The van der Waals surface area contributed by atoms with Gasteiger partial charge in [0.05, 0.1) is 24.6 Å². The second-order valence-corrected chi connectivity index (χ2v) is 15.1. The normalized spacial score (nSPS) is 29.4. The first kappa shape index (κ1) is 36.2. The van der Waals surface area contributed by atoms with Crippen molar-refractivity contribution in [1.82, 2.24) is 10.3 Å². The van der Waals surface area contributed by atoms with E-state index in [1.54, 1.807) is 6.07 Å². The van der Waals surface area contributed by atoms with Crippen LogP contribution in [0.5, 0.6) is 11.5 Å². The number of dihydropyridines is 1. The molecule has 50 heavy (non-hydrogen) atoms. The van der Waals surface area contributed by atoms with Gasteiger partial charge in [-0.25, -0.2) is 0 Å². The fourth-order valence-corrected chi connectivity index (χ4v) is 9.12. The summed E-state index contributed by atoms with van der Waals surface area (Å²) in [6, 6.07) is 9.59. The molecule has 2 aromatic rings. The summed E-state index contributed by atoms with van der Waals surface area (Å²) in [7, 11) is 0. The minimum absolute atomic E-state index is 0.00455. The van der Waals surface area contributed by atoms with Crippen LogP contribution in [0.4, 0.5) is 0 Å². The average Bonchev–Trinajstić information content (AvgIpc) is 3.62. The molecule has 1 saturated carbocycles. The molecule has 0 saturated heterocycles. The lowest BCUT2D eigenvalue weighted by atomic mass is 9.60. The number of phenols is 1. The van der Waals surface area contributed by atoms with Crippen LogP contribution in [0.25, 0.3) is 0 Å². The third kappa shape index (κ3) is 8.12. The molecule has 0 amide bonds. The first-order valence-corrected chi connectivity index (χ1v) is 19.0. The Morgan fingerprint density at radius 2 is 1.84 bits per heavy atom. The molecule has 3 aliphatic carbocycles. The fourth-order valence-electron chi connectivity index (χ4n) is 9.12. The molecule has 2 heterocycles. The van der Waals surface area contributed by atoms with Crippen LogP contribution in [0.2, 0.25) is 0 Å². The summed E-state index contributed by atoms with van der Waals surface area (Å²) in [6.07, 6.45) is 19.5. The van der Waals surface area contributed by atoms with Gasteiger partial charge in [0.25, 0.3) is 0 Å². The van der Waals surface area contributed by atoms with Gasteiger partial charge in [-0.2, -0.15) is 0 Å². The van der Waals surface area contributed by atoms with Crippen LogP contribution in [0.3, 0.4) is 0 Å². The SMILES string of the molecule is CCC1C#CC2C=CC(c3ccc(O)c(OC(CO)CC(C4=CCNC(N)=C4)C4(c5ccc[nH]5)CCCCC4)c3)CC(O)C2C(O)CCCC1. The highest BCUT2D eigenvalue weighted by Gasteiger charge is 2.45. The number of aromatic amines is 1. The molecule has 1 aliphatic heterocycles. The highest BCUT2D eigenvalue weighted by molar-refractivity contribution is 5.45. The van der Waals surface area contributed by atoms with Gasteiger partial charge in [-0.15, -0.1) is 0 Å². The van der Waals surface area contributed by atoms with Crippen LogP contribution in [0, 0.1) is 35.5 Å². The number of aromatic hydroxyl groups is 1. The molecule has 8 unspecified atom stereocenters. The van der Waals surface area contributed by atoms with Crippen LogP contribution in [0.1, 0.15) is 101 Å². The van der Waals surface area contributed by atoms with Crippen LogP contribution in [-0.2, 0) is 5.41 Å². The van der Waals surface area contributed by atoms with Gasteiger partial charge >= 0.3 is 0 Å². The van der Waals surface area contributed by atoms with Crippen LogP contribution >= 0.6 is 0 Å². The molecule has 8 heteroatoms. The van der Waals surface area contributed by atoms with Gasteiger partial charge in [0.2, 0.25) is 0 Å². The van der Waals surface area contributed by atoms with E-state index in [1.165, 1.54) is 12.1 Å². The maximum Gasteiger partial charge on any atom is 0.161 e. The van der Waals surface area contributed by atoms with Crippen molar-refractivity contribution in [1.29, 1.82) is 0 Å². The highest BCUT2D eigenvalue weighted by atomic mass is 16.5. The standard InChI is InChI=1S/C42H57N3O5/c1-2-28-9-4-5-10-36(48)41-29(13-12-28)14-15-30(23-37(41)49)31-16-17-35(47)38(24-31)50-33(27-46)26-34(32-18-22-45-40(43)25-32)42(19-6-3-7-20-42)39-11-8-21-44-39/h8,11,14-18,21,24-25,28-30,33-34,36-37,41,44-49H,2-7,9-10,19-20,22-23,26-27,43H2,1H3. The van der Waals surface area contributed by atoms with Gasteiger partial charge in [0, 0.05) is 47.5 Å². The van der Waals surface area contributed by atoms with Crippen molar-refractivity contribution in [2.75, 3.05) is 13.2 Å². The second-order valence-electron chi connectivity index (χ2n) is 15.1. The Labute approximate surface area is 297 Å². The Balaban J connectivity index is 1.27. The van der Waals surface area contributed by atoms with Crippen molar-refractivity contribution in [2.45, 2.75) is 114 Å². The fraction of sp³-hybridized carbons (Fsp3) is 0.571. The van der Waals surface area contributed by atoms with Crippen molar-refractivity contribution < 1.29 is 25.2 Å². The first-order chi connectivity index (χ1) is 24.3. The summed E-state index contributed by atoms with van der Waals surface area (Å²) in [5.41, 5.74) is 9.37. The zero-order valence-corrected chi connectivity index (χ0v) is 29.6. The van der Waals surface area contributed by atoms with E-state index in [4.69, 9.17) is 10.5 Å². The molecule has 8 atom stereocenters. The summed E-state index contributed by atoms with van der Waals surface area (Å²) in [5, 5.41) is 47.8. The van der Waals surface area contributed by atoms with Gasteiger partial charge in [0.1, 0.15) is 6.10 Å².